The van der Waals surface area contributed by atoms with E-state index in [1.165, 1.54) is 20.4 Å². The van der Waals surface area contributed by atoms with E-state index in [0.717, 1.165) is 0 Å². The predicted molar refractivity (Wildman–Crippen MR) is 118 cm³/mol. The van der Waals surface area contributed by atoms with Crippen molar-refractivity contribution in [1.82, 2.24) is 24.6 Å². The Morgan fingerprint density at radius 1 is 1.27 bits per heavy atom. The third-order valence-corrected chi connectivity index (χ3v) is 6.39. The van der Waals surface area contributed by atoms with E-state index in [0.29, 0.717) is 16.9 Å². The molecular weight excluding hydrogens is 451 g/mol. The molecule has 0 saturated heterocycles. The fraction of sp³-hybridized carbons (Fsp3) is 0.300. The van der Waals surface area contributed by atoms with Crippen molar-refractivity contribution in [1.29, 1.82) is 0 Å². The third kappa shape index (κ3) is 5.20. The number of aromatic nitrogens is 4. The van der Waals surface area contributed by atoms with Gasteiger partial charge in [0.15, 0.2) is 17.7 Å². The Morgan fingerprint density at radius 3 is 2.82 bits per heavy atom. The van der Waals surface area contributed by atoms with Crippen LogP contribution in [0.4, 0.5) is 5.82 Å². The second-order valence-corrected chi connectivity index (χ2v) is 8.80. The molecule has 0 bridgehead atoms. The van der Waals surface area contributed by atoms with Crippen molar-refractivity contribution in [2.24, 2.45) is 0 Å². The van der Waals surface area contributed by atoms with Gasteiger partial charge in [0.2, 0.25) is 0 Å². The summed E-state index contributed by atoms with van der Waals surface area (Å²) in [5.41, 5.74) is 6.82. The predicted octanol–water partition coefficient (Wildman–Crippen LogP) is 2.22. The summed E-state index contributed by atoms with van der Waals surface area (Å²) < 4.78 is 37.0. The number of ether oxygens (including phenoxy) is 2. The Morgan fingerprint density at radius 2 is 2.06 bits per heavy atom. The average molecular weight is 474 g/mol. The van der Waals surface area contributed by atoms with Crippen molar-refractivity contribution < 1.29 is 27.9 Å². The molecule has 33 heavy (non-hydrogen) atoms. The number of fused-ring (bicyclic) bond motifs is 1. The van der Waals surface area contributed by atoms with Crippen LogP contribution in [0.3, 0.4) is 0 Å². The molecule has 13 heteroatoms. The number of rotatable bonds is 9. The van der Waals surface area contributed by atoms with E-state index in [2.05, 4.69) is 24.8 Å². The van der Waals surface area contributed by atoms with Gasteiger partial charge in [-0.2, -0.15) is 5.09 Å². The van der Waals surface area contributed by atoms with Gasteiger partial charge in [0.25, 0.3) is 0 Å². The summed E-state index contributed by atoms with van der Waals surface area (Å²) in [6.07, 6.45) is 5.39. The summed E-state index contributed by atoms with van der Waals surface area (Å²) >= 11 is 0. The normalized spacial score (nSPS) is 20.4. The van der Waals surface area contributed by atoms with Crippen molar-refractivity contribution in [3.63, 3.8) is 0 Å². The Bertz CT molecular complexity index is 1200. The van der Waals surface area contributed by atoms with Crippen LogP contribution in [0.5, 0.6) is 5.75 Å². The molecule has 4 rings (SSSR count). The molecule has 3 N–H and O–H groups in total. The number of benzene rings is 1. The zero-order valence-electron chi connectivity index (χ0n) is 17.9. The zero-order valence-corrected chi connectivity index (χ0v) is 18.8. The number of esters is 1. The smallest absolute Gasteiger partial charge is 0.459 e. The Hall–Kier alpha value is -3.31. The second kappa shape index (κ2) is 9.67. The maximum atomic E-state index is 13.4. The maximum Gasteiger partial charge on any atom is 0.459 e. The number of nitrogens with two attached hydrogens (primary N) is 1. The van der Waals surface area contributed by atoms with Gasteiger partial charge < -0.3 is 19.7 Å². The highest BCUT2D eigenvalue weighted by atomic mass is 31.2. The van der Waals surface area contributed by atoms with Crippen LogP contribution in [0.25, 0.3) is 11.2 Å². The molecule has 12 nitrogen and oxygen atoms in total. The van der Waals surface area contributed by atoms with Gasteiger partial charge in [-0.05, 0) is 25.1 Å². The number of anilines is 1. The number of hydrogen-bond donors (Lipinski definition) is 2. The van der Waals surface area contributed by atoms with Crippen molar-refractivity contribution in [3.8, 4) is 5.75 Å². The fourth-order valence-corrected chi connectivity index (χ4v) is 4.65. The third-order valence-electron chi connectivity index (χ3n) is 4.75. The standard InChI is InChI=1S/C20H23N6O6P/c1-13(20(27)29-2)25-33(28,32-14-6-4-3-5-7-14)30-10-15-8-9-16(31-15)26-12-24-17-18(21)22-11-23-19(17)26/h3-9,11-13,15-16H,10H2,1-2H3,(H,25,28)(H2,21,22,23)/t13-,15-,16+,33?/m0/s1. The van der Waals surface area contributed by atoms with Crippen molar-refractivity contribution >= 4 is 30.7 Å². The van der Waals surface area contributed by atoms with E-state index in [1.54, 1.807) is 53.4 Å². The average Bonchev–Trinajstić information content (AvgIpc) is 3.45. The first-order valence-electron chi connectivity index (χ1n) is 10.00. The molecule has 0 fully saturated rings. The number of methoxy groups -OCH3 is 1. The number of carbonyl (C=O) groups excluding carboxylic acids is 1. The molecule has 0 aliphatic carbocycles. The van der Waals surface area contributed by atoms with Gasteiger partial charge in [0.05, 0.1) is 20.0 Å². The highest BCUT2D eigenvalue weighted by molar-refractivity contribution is 7.52. The minimum absolute atomic E-state index is 0.109. The molecule has 1 aliphatic heterocycles. The quantitative estimate of drug-likeness (QED) is 0.267. The summed E-state index contributed by atoms with van der Waals surface area (Å²) in [4.78, 5) is 24.2. The van der Waals surface area contributed by atoms with Gasteiger partial charge in [0, 0.05) is 0 Å². The molecule has 1 aromatic carbocycles. The van der Waals surface area contributed by atoms with Gasteiger partial charge >= 0.3 is 13.7 Å². The van der Waals surface area contributed by atoms with Gasteiger partial charge in [-0.25, -0.2) is 19.5 Å². The summed E-state index contributed by atoms with van der Waals surface area (Å²) in [6.45, 7) is 1.39. The summed E-state index contributed by atoms with van der Waals surface area (Å²) in [6, 6.07) is 7.56. The molecule has 4 atom stereocenters. The fourth-order valence-electron chi connectivity index (χ4n) is 3.15. The van der Waals surface area contributed by atoms with Crippen LogP contribution < -0.4 is 15.3 Å². The van der Waals surface area contributed by atoms with Crippen LogP contribution in [0.1, 0.15) is 13.2 Å². The lowest BCUT2D eigenvalue weighted by Crippen LogP contribution is -2.35. The number of nitrogens with zero attached hydrogens (tertiary/aromatic N) is 4. The SMILES string of the molecule is COC(=O)[C@H](C)NP(=O)(OC[C@@H]1C=C[C@H](n2cnc3c(N)ncnc32)O1)Oc1ccccc1. The number of nitrogens with one attached hydrogen (secondary N) is 1. The molecule has 174 valence electrons. The number of hydrogen-bond acceptors (Lipinski definition) is 10. The van der Waals surface area contributed by atoms with Crippen LogP contribution >= 0.6 is 7.75 Å². The molecule has 0 spiro atoms. The van der Waals surface area contributed by atoms with Crippen LogP contribution in [0.2, 0.25) is 0 Å². The highest BCUT2D eigenvalue weighted by Gasteiger charge is 2.34. The minimum atomic E-state index is -3.96. The molecule has 3 aromatic rings. The summed E-state index contributed by atoms with van der Waals surface area (Å²) in [5, 5.41) is 2.60. The van der Waals surface area contributed by atoms with E-state index in [4.69, 9.17) is 19.5 Å². The van der Waals surface area contributed by atoms with E-state index in [1.807, 2.05) is 0 Å². The van der Waals surface area contributed by atoms with Crippen LogP contribution in [-0.2, 0) is 23.4 Å². The summed E-state index contributed by atoms with van der Waals surface area (Å²) in [5.74, 6) is -0.0282. The lowest BCUT2D eigenvalue weighted by molar-refractivity contribution is -0.142. The van der Waals surface area contributed by atoms with E-state index < -0.39 is 32.1 Å². The van der Waals surface area contributed by atoms with Crippen LogP contribution in [-0.4, -0.2) is 51.4 Å². The first-order valence-corrected chi connectivity index (χ1v) is 11.5. The lowest BCUT2D eigenvalue weighted by atomic mass is 10.3. The van der Waals surface area contributed by atoms with Crippen molar-refractivity contribution in [2.45, 2.75) is 25.3 Å². The van der Waals surface area contributed by atoms with E-state index >= 15 is 0 Å². The Labute approximate surface area is 189 Å². The number of imidazole rings is 1. The molecule has 3 heterocycles. The maximum absolute atomic E-state index is 13.4. The number of para-hydroxylation sites is 1. The first kappa shape index (κ1) is 22.9. The Balaban J connectivity index is 1.44. The Kier molecular flexibility index (Phi) is 6.70. The van der Waals surface area contributed by atoms with Crippen LogP contribution in [0.15, 0.2) is 55.1 Å². The zero-order chi connectivity index (χ0) is 23.4. The number of nitrogen functional groups attached to an aromatic ring is 1. The van der Waals surface area contributed by atoms with E-state index in [-0.39, 0.29) is 12.4 Å². The highest BCUT2D eigenvalue weighted by Crippen LogP contribution is 2.45. The molecule has 0 amide bonds. The second-order valence-electron chi connectivity index (χ2n) is 7.10. The molecule has 1 unspecified atom stereocenters. The van der Waals surface area contributed by atoms with Gasteiger partial charge in [-0.3, -0.25) is 13.9 Å². The topological polar surface area (TPSA) is 153 Å². The van der Waals surface area contributed by atoms with Gasteiger partial charge in [-0.1, -0.05) is 24.3 Å². The first-order chi connectivity index (χ1) is 15.9. The molecule has 1 aliphatic rings. The summed E-state index contributed by atoms with van der Waals surface area (Å²) in [7, 11) is -2.73. The molecule has 0 radical (unpaired) electrons. The monoisotopic (exact) mass is 474 g/mol. The molecular formula is C20H23N6O6P. The lowest BCUT2D eigenvalue weighted by Gasteiger charge is -2.24. The minimum Gasteiger partial charge on any atom is -0.468 e. The van der Waals surface area contributed by atoms with Gasteiger partial charge in [-0.15, -0.1) is 0 Å². The largest absolute Gasteiger partial charge is 0.468 e. The van der Waals surface area contributed by atoms with Gasteiger partial charge in [0.1, 0.15) is 29.7 Å². The molecule has 2 aromatic heterocycles. The van der Waals surface area contributed by atoms with Crippen molar-refractivity contribution in [2.75, 3.05) is 19.5 Å². The van der Waals surface area contributed by atoms with Crippen LogP contribution in [0, 0.1) is 0 Å². The molecule has 0 saturated carbocycles. The number of carbonyl (C=O) groups is 1. The van der Waals surface area contributed by atoms with E-state index in [9.17, 15) is 9.36 Å². The van der Waals surface area contributed by atoms with Crippen molar-refractivity contribution in [3.05, 3.63) is 55.1 Å².